The van der Waals surface area contributed by atoms with Gasteiger partial charge >= 0.3 is 5.97 Å². The van der Waals surface area contributed by atoms with Crippen molar-refractivity contribution < 1.29 is 27.5 Å². The first-order valence-electron chi connectivity index (χ1n) is 9.77. The molecular formula is C22H28N2O6S. The first-order chi connectivity index (χ1) is 14.6. The van der Waals surface area contributed by atoms with E-state index < -0.39 is 27.8 Å². The molecule has 2 aromatic rings. The fourth-order valence-electron chi connectivity index (χ4n) is 3.00. The molecule has 1 N–H and O–H groups in total. The van der Waals surface area contributed by atoms with Gasteiger partial charge in [0.2, 0.25) is 0 Å². The topological polar surface area (TPSA) is 102 Å². The Morgan fingerprint density at radius 3 is 2.29 bits per heavy atom. The van der Waals surface area contributed by atoms with E-state index in [4.69, 9.17) is 9.47 Å². The average Bonchev–Trinajstić information content (AvgIpc) is 2.77. The molecule has 0 aliphatic rings. The molecule has 1 atom stereocenters. The molecule has 0 saturated heterocycles. The van der Waals surface area contributed by atoms with Crippen LogP contribution in [0.4, 0.5) is 5.69 Å². The third-order valence-corrected chi connectivity index (χ3v) is 6.17. The zero-order valence-corrected chi connectivity index (χ0v) is 19.2. The summed E-state index contributed by atoms with van der Waals surface area (Å²) in [6.45, 7) is 5.84. The summed E-state index contributed by atoms with van der Waals surface area (Å²) >= 11 is 0. The Kier molecular flexibility index (Phi) is 8.04. The molecule has 8 nitrogen and oxygen atoms in total. The summed E-state index contributed by atoms with van der Waals surface area (Å²) in [6, 6.07) is 11.1. The highest BCUT2D eigenvalue weighted by atomic mass is 32.2. The van der Waals surface area contributed by atoms with E-state index in [1.54, 1.807) is 38.1 Å². The van der Waals surface area contributed by atoms with Gasteiger partial charge in [0.15, 0.2) is 0 Å². The molecule has 0 radical (unpaired) electrons. The number of esters is 1. The van der Waals surface area contributed by atoms with Crippen molar-refractivity contribution in [3.63, 3.8) is 0 Å². The zero-order valence-electron chi connectivity index (χ0n) is 18.3. The molecule has 0 aliphatic heterocycles. The van der Waals surface area contributed by atoms with Crippen LogP contribution in [0.5, 0.6) is 5.75 Å². The molecule has 9 heteroatoms. The summed E-state index contributed by atoms with van der Waals surface area (Å²) in [4.78, 5) is 26.0. The molecule has 0 saturated carbocycles. The van der Waals surface area contributed by atoms with Crippen LogP contribution >= 0.6 is 0 Å². The van der Waals surface area contributed by atoms with Gasteiger partial charge in [-0.15, -0.1) is 0 Å². The van der Waals surface area contributed by atoms with E-state index in [1.807, 2.05) is 6.92 Å². The van der Waals surface area contributed by atoms with E-state index in [2.05, 4.69) is 4.72 Å². The summed E-state index contributed by atoms with van der Waals surface area (Å²) in [5.41, 5.74) is 1.56. The van der Waals surface area contributed by atoms with Gasteiger partial charge in [0.05, 0.1) is 20.1 Å². The number of nitrogens with zero attached hydrogens (tertiary/aromatic N) is 1. The monoisotopic (exact) mass is 448 g/mol. The van der Waals surface area contributed by atoms with Gasteiger partial charge in [0.1, 0.15) is 10.6 Å². The highest BCUT2D eigenvalue weighted by Gasteiger charge is 2.25. The lowest BCUT2D eigenvalue weighted by molar-refractivity contribution is -0.145. The van der Waals surface area contributed by atoms with E-state index in [9.17, 15) is 18.0 Å². The number of carbonyl (C=O) groups excluding carboxylic acids is 2. The molecule has 0 fully saturated rings. The van der Waals surface area contributed by atoms with Crippen LogP contribution in [0.25, 0.3) is 0 Å². The predicted molar refractivity (Wildman–Crippen MR) is 118 cm³/mol. The van der Waals surface area contributed by atoms with E-state index in [0.717, 1.165) is 5.56 Å². The third kappa shape index (κ3) is 5.97. The number of rotatable bonds is 9. The van der Waals surface area contributed by atoms with Gasteiger partial charge in [-0.05, 0) is 44.2 Å². The standard InChI is InChI=1S/C22H28N2O6S/c1-6-24(14-16(3)22(26)30-5)21(25)17-9-12-19(29-4)20(13-17)31(27,28)23-18-10-7-15(2)8-11-18/h7-13,16,23H,6,14H2,1-5H3. The first kappa shape index (κ1) is 24.2. The van der Waals surface area contributed by atoms with E-state index in [0.29, 0.717) is 12.2 Å². The van der Waals surface area contributed by atoms with Gasteiger partial charge in [-0.3, -0.25) is 14.3 Å². The maximum Gasteiger partial charge on any atom is 0.310 e. The number of nitrogens with one attached hydrogen (secondary N) is 1. The maximum absolute atomic E-state index is 13.0. The number of sulfonamides is 1. The van der Waals surface area contributed by atoms with Crippen molar-refractivity contribution in [3.8, 4) is 5.75 Å². The predicted octanol–water partition coefficient (Wildman–Crippen LogP) is 3.08. The SMILES string of the molecule is CCN(CC(C)C(=O)OC)C(=O)c1ccc(OC)c(S(=O)(=O)Nc2ccc(C)cc2)c1. The van der Waals surface area contributed by atoms with Gasteiger partial charge in [-0.2, -0.15) is 0 Å². The lowest BCUT2D eigenvalue weighted by Crippen LogP contribution is -2.37. The van der Waals surface area contributed by atoms with Crippen LogP contribution in [0.15, 0.2) is 47.4 Å². The summed E-state index contributed by atoms with van der Waals surface area (Å²) < 4.78 is 38.5. The van der Waals surface area contributed by atoms with Gasteiger partial charge in [-0.25, -0.2) is 8.42 Å². The maximum atomic E-state index is 13.0. The zero-order chi connectivity index (χ0) is 23.2. The molecule has 1 amide bonds. The lowest BCUT2D eigenvalue weighted by Gasteiger charge is -2.24. The van der Waals surface area contributed by atoms with Gasteiger partial charge in [0, 0.05) is 24.3 Å². The second kappa shape index (κ2) is 10.3. The Bertz CT molecular complexity index is 1030. The Hall–Kier alpha value is -3.07. The molecular weight excluding hydrogens is 420 g/mol. The molecule has 0 aromatic heterocycles. The van der Waals surface area contributed by atoms with Crippen molar-refractivity contribution in [3.05, 3.63) is 53.6 Å². The fraction of sp³-hybridized carbons (Fsp3) is 0.364. The lowest BCUT2D eigenvalue weighted by atomic mass is 10.1. The van der Waals surface area contributed by atoms with Crippen molar-refractivity contribution in [1.29, 1.82) is 0 Å². The molecule has 0 heterocycles. The minimum atomic E-state index is -4.02. The second-order valence-electron chi connectivity index (χ2n) is 7.11. The van der Waals surface area contributed by atoms with Crippen molar-refractivity contribution in [2.45, 2.75) is 25.7 Å². The number of hydrogen-bond donors (Lipinski definition) is 1. The highest BCUT2D eigenvalue weighted by molar-refractivity contribution is 7.92. The summed E-state index contributed by atoms with van der Waals surface area (Å²) in [7, 11) is -1.37. The molecule has 2 aromatic carbocycles. The molecule has 2 rings (SSSR count). The largest absolute Gasteiger partial charge is 0.495 e. The van der Waals surface area contributed by atoms with E-state index in [1.165, 1.54) is 37.3 Å². The van der Waals surface area contributed by atoms with Gasteiger partial charge in [-0.1, -0.05) is 24.6 Å². The Balaban J connectivity index is 2.36. The number of amides is 1. The second-order valence-corrected chi connectivity index (χ2v) is 8.76. The van der Waals surface area contributed by atoms with E-state index in [-0.39, 0.29) is 22.8 Å². The van der Waals surface area contributed by atoms with Crippen LogP contribution in [-0.4, -0.2) is 52.5 Å². The van der Waals surface area contributed by atoms with Crippen molar-refractivity contribution >= 4 is 27.6 Å². The Labute approximate surface area is 183 Å². The van der Waals surface area contributed by atoms with E-state index >= 15 is 0 Å². The molecule has 0 aliphatic carbocycles. The van der Waals surface area contributed by atoms with Crippen LogP contribution < -0.4 is 9.46 Å². The molecule has 168 valence electrons. The van der Waals surface area contributed by atoms with Crippen molar-refractivity contribution in [2.75, 3.05) is 32.0 Å². The van der Waals surface area contributed by atoms with Crippen LogP contribution in [0, 0.1) is 12.8 Å². The number of anilines is 1. The van der Waals surface area contributed by atoms with Gasteiger partial charge in [0.25, 0.3) is 15.9 Å². The summed E-state index contributed by atoms with van der Waals surface area (Å²) in [5.74, 6) is -1.22. The summed E-state index contributed by atoms with van der Waals surface area (Å²) in [5, 5.41) is 0. The van der Waals surface area contributed by atoms with Crippen molar-refractivity contribution in [1.82, 2.24) is 4.90 Å². The molecule has 31 heavy (non-hydrogen) atoms. The van der Waals surface area contributed by atoms with Crippen LogP contribution in [0.3, 0.4) is 0 Å². The number of methoxy groups -OCH3 is 2. The Morgan fingerprint density at radius 2 is 1.74 bits per heavy atom. The number of ether oxygens (including phenoxy) is 2. The quantitative estimate of drug-likeness (QED) is 0.592. The minimum Gasteiger partial charge on any atom is -0.495 e. The normalized spacial score (nSPS) is 12.0. The molecule has 0 spiro atoms. The summed E-state index contributed by atoms with van der Waals surface area (Å²) in [6.07, 6.45) is 0. The number of carbonyl (C=O) groups is 2. The van der Waals surface area contributed by atoms with Crippen LogP contribution in [-0.2, 0) is 19.6 Å². The van der Waals surface area contributed by atoms with Crippen LogP contribution in [0.1, 0.15) is 29.8 Å². The first-order valence-corrected chi connectivity index (χ1v) is 11.3. The minimum absolute atomic E-state index is 0.113. The van der Waals surface area contributed by atoms with Gasteiger partial charge < -0.3 is 14.4 Å². The Morgan fingerprint density at radius 1 is 1.10 bits per heavy atom. The number of hydrogen-bond acceptors (Lipinski definition) is 6. The number of benzene rings is 2. The molecule has 1 unspecified atom stereocenters. The average molecular weight is 449 g/mol. The number of aryl methyl sites for hydroxylation is 1. The smallest absolute Gasteiger partial charge is 0.310 e. The third-order valence-electron chi connectivity index (χ3n) is 4.77. The highest BCUT2D eigenvalue weighted by Crippen LogP contribution is 2.28. The fourth-order valence-corrected chi connectivity index (χ4v) is 4.25. The van der Waals surface area contributed by atoms with Crippen molar-refractivity contribution in [2.24, 2.45) is 5.92 Å². The molecule has 0 bridgehead atoms. The van der Waals surface area contributed by atoms with Crippen LogP contribution in [0.2, 0.25) is 0 Å².